The Balaban J connectivity index is 1.83. The van der Waals surface area contributed by atoms with Gasteiger partial charge in [0.2, 0.25) is 0 Å². The largest absolute Gasteiger partial charge is 0.320 e. The third kappa shape index (κ3) is 4.09. The molecule has 0 radical (unpaired) electrons. The highest BCUT2D eigenvalue weighted by molar-refractivity contribution is 6.09. The Hall–Kier alpha value is -3.47. The number of carbonyl (C=O) groups is 2. The van der Waals surface area contributed by atoms with Crippen molar-refractivity contribution in [3.63, 3.8) is 0 Å². The summed E-state index contributed by atoms with van der Waals surface area (Å²) in [7, 11) is 0. The number of anilines is 2. The molecule has 0 aliphatic heterocycles. The van der Waals surface area contributed by atoms with Crippen molar-refractivity contribution in [3.05, 3.63) is 89.7 Å². The quantitative estimate of drug-likeness (QED) is 0.762. The second kappa shape index (κ2) is 7.40. The predicted octanol–water partition coefficient (Wildman–Crippen LogP) is 3.89. The first-order chi connectivity index (χ1) is 12.1. The molecule has 0 bridgehead atoms. The lowest BCUT2D eigenvalue weighted by atomic mass is 10.1. The van der Waals surface area contributed by atoms with Crippen molar-refractivity contribution < 1.29 is 9.59 Å². The number of hydrogen-bond acceptors (Lipinski definition) is 3. The standard InChI is InChI=1S/C20H17N3O2/c1-14-9-10-17(22-19(24)15-6-3-2-4-7-15)18(12-14)23-20(25)16-8-5-11-21-13-16/h2-13H,1H3,(H,22,24)(H,23,25). The summed E-state index contributed by atoms with van der Waals surface area (Å²) < 4.78 is 0. The van der Waals surface area contributed by atoms with Gasteiger partial charge in [-0.2, -0.15) is 0 Å². The summed E-state index contributed by atoms with van der Waals surface area (Å²) in [5, 5.41) is 5.67. The fourth-order valence-corrected chi connectivity index (χ4v) is 2.35. The van der Waals surface area contributed by atoms with Crippen LogP contribution in [0, 0.1) is 6.92 Å². The topological polar surface area (TPSA) is 71.1 Å². The van der Waals surface area contributed by atoms with Crippen LogP contribution >= 0.6 is 0 Å². The van der Waals surface area contributed by atoms with Gasteiger partial charge in [0, 0.05) is 18.0 Å². The molecule has 0 fully saturated rings. The number of nitrogens with zero attached hydrogens (tertiary/aromatic N) is 1. The van der Waals surface area contributed by atoms with Crippen LogP contribution in [0.4, 0.5) is 11.4 Å². The molecule has 2 amide bonds. The molecule has 0 unspecified atom stereocenters. The Morgan fingerprint density at radius 1 is 0.800 bits per heavy atom. The Morgan fingerprint density at radius 3 is 2.20 bits per heavy atom. The SMILES string of the molecule is Cc1ccc(NC(=O)c2ccccc2)c(NC(=O)c2cccnc2)c1. The van der Waals surface area contributed by atoms with Gasteiger partial charge in [-0.05, 0) is 48.9 Å². The Labute approximate surface area is 145 Å². The van der Waals surface area contributed by atoms with Crippen LogP contribution in [-0.4, -0.2) is 16.8 Å². The zero-order valence-electron chi connectivity index (χ0n) is 13.7. The Bertz CT molecular complexity index is 893. The summed E-state index contributed by atoms with van der Waals surface area (Å²) >= 11 is 0. The van der Waals surface area contributed by atoms with E-state index in [0.717, 1.165) is 5.56 Å². The van der Waals surface area contributed by atoms with Gasteiger partial charge in [0.15, 0.2) is 0 Å². The number of pyridine rings is 1. The number of aryl methyl sites for hydroxylation is 1. The van der Waals surface area contributed by atoms with E-state index in [1.54, 1.807) is 48.7 Å². The van der Waals surface area contributed by atoms with Crippen LogP contribution in [0.2, 0.25) is 0 Å². The maximum atomic E-state index is 12.4. The van der Waals surface area contributed by atoms with Crippen molar-refractivity contribution in [2.45, 2.75) is 6.92 Å². The smallest absolute Gasteiger partial charge is 0.257 e. The lowest BCUT2D eigenvalue weighted by Gasteiger charge is -2.13. The van der Waals surface area contributed by atoms with Gasteiger partial charge in [0.1, 0.15) is 0 Å². The first kappa shape index (κ1) is 16.4. The minimum Gasteiger partial charge on any atom is -0.320 e. The summed E-state index contributed by atoms with van der Waals surface area (Å²) in [5.74, 6) is -0.518. The number of amides is 2. The molecule has 3 rings (SSSR count). The molecule has 0 spiro atoms. The molecule has 0 atom stereocenters. The fraction of sp³-hybridized carbons (Fsp3) is 0.0500. The zero-order valence-corrected chi connectivity index (χ0v) is 13.7. The van der Waals surface area contributed by atoms with E-state index >= 15 is 0 Å². The molecule has 5 nitrogen and oxygen atoms in total. The minimum absolute atomic E-state index is 0.235. The molecule has 3 aromatic rings. The lowest BCUT2D eigenvalue weighted by molar-refractivity contribution is 0.101. The molecule has 5 heteroatoms. The van der Waals surface area contributed by atoms with Crippen molar-refractivity contribution >= 4 is 23.2 Å². The van der Waals surface area contributed by atoms with E-state index in [-0.39, 0.29) is 11.8 Å². The number of carbonyl (C=O) groups excluding carboxylic acids is 2. The van der Waals surface area contributed by atoms with Crippen LogP contribution in [-0.2, 0) is 0 Å². The number of nitrogens with one attached hydrogen (secondary N) is 2. The molecular formula is C20H17N3O2. The summed E-state index contributed by atoms with van der Waals surface area (Å²) in [6, 6.07) is 17.8. The third-order valence-electron chi connectivity index (χ3n) is 3.63. The van der Waals surface area contributed by atoms with E-state index in [1.165, 1.54) is 6.20 Å². The van der Waals surface area contributed by atoms with Gasteiger partial charge in [0.05, 0.1) is 16.9 Å². The van der Waals surface area contributed by atoms with Gasteiger partial charge in [-0.3, -0.25) is 14.6 Å². The van der Waals surface area contributed by atoms with Crippen LogP contribution in [0.25, 0.3) is 0 Å². The molecular weight excluding hydrogens is 314 g/mol. The third-order valence-corrected chi connectivity index (χ3v) is 3.63. The van der Waals surface area contributed by atoms with Gasteiger partial charge in [-0.15, -0.1) is 0 Å². The van der Waals surface area contributed by atoms with E-state index in [9.17, 15) is 9.59 Å². The van der Waals surface area contributed by atoms with Gasteiger partial charge in [-0.1, -0.05) is 24.3 Å². The molecule has 0 saturated carbocycles. The molecule has 1 heterocycles. The van der Waals surface area contributed by atoms with E-state index in [0.29, 0.717) is 22.5 Å². The van der Waals surface area contributed by atoms with Crippen molar-refractivity contribution in [2.75, 3.05) is 10.6 Å². The number of rotatable bonds is 4. The van der Waals surface area contributed by atoms with Crippen LogP contribution in [0.5, 0.6) is 0 Å². The average Bonchev–Trinajstić information content (AvgIpc) is 2.65. The predicted molar refractivity (Wildman–Crippen MR) is 97.8 cm³/mol. The van der Waals surface area contributed by atoms with Crippen molar-refractivity contribution in [1.82, 2.24) is 4.98 Å². The molecule has 124 valence electrons. The summed E-state index contributed by atoms with van der Waals surface area (Å²) in [4.78, 5) is 28.7. The second-order valence-corrected chi connectivity index (χ2v) is 5.57. The molecule has 2 N–H and O–H groups in total. The van der Waals surface area contributed by atoms with E-state index in [2.05, 4.69) is 15.6 Å². The number of aromatic nitrogens is 1. The Morgan fingerprint density at radius 2 is 1.48 bits per heavy atom. The highest BCUT2D eigenvalue weighted by Crippen LogP contribution is 2.24. The first-order valence-electron chi connectivity index (χ1n) is 7.82. The maximum absolute atomic E-state index is 12.4. The fourth-order valence-electron chi connectivity index (χ4n) is 2.35. The summed E-state index contributed by atoms with van der Waals surface area (Å²) in [6.07, 6.45) is 3.10. The van der Waals surface area contributed by atoms with Crippen molar-refractivity contribution in [2.24, 2.45) is 0 Å². The maximum Gasteiger partial charge on any atom is 0.257 e. The van der Waals surface area contributed by atoms with Crippen LogP contribution in [0.1, 0.15) is 26.3 Å². The van der Waals surface area contributed by atoms with Crippen LogP contribution in [0.3, 0.4) is 0 Å². The normalized spacial score (nSPS) is 10.1. The monoisotopic (exact) mass is 331 g/mol. The number of hydrogen-bond donors (Lipinski definition) is 2. The molecule has 2 aromatic carbocycles. The van der Waals surface area contributed by atoms with Gasteiger partial charge >= 0.3 is 0 Å². The van der Waals surface area contributed by atoms with Crippen molar-refractivity contribution in [1.29, 1.82) is 0 Å². The van der Waals surface area contributed by atoms with Gasteiger partial charge < -0.3 is 10.6 Å². The van der Waals surface area contributed by atoms with Gasteiger partial charge in [-0.25, -0.2) is 0 Å². The van der Waals surface area contributed by atoms with Crippen molar-refractivity contribution in [3.8, 4) is 0 Å². The minimum atomic E-state index is -0.283. The molecule has 1 aromatic heterocycles. The Kier molecular flexibility index (Phi) is 4.85. The summed E-state index contributed by atoms with van der Waals surface area (Å²) in [5.41, 5.74) is 3.05. The lowest BCUT2D eigenvalue weighted by Crippen LogP contribution is -2.17. The molecule has 0 aliphatic rings. The molecule has 25 heavy (non-hydrogen) atoms. The van der Waals surface area contributed by atoms with E-state index in [4.69, 9.17) is 0 Å². The molecule has 0 saturated heterocycles. The second-order valence-electron chi connectivity index (χ2n) is 5.57. The zero-order chi connectivity index (χ0) is 17.6. The van der Waals surface area contributed by atoms with Crippen LogP contribution in [0.15, 0.2) is 73.1 Å². The van der Waals surface area contributed by atoms with Gasteiger partial charge in [0.25, 0.3) is 11.8 Å². The van der Waals surface area contributed by atoms with E-state index < -0.39 is 0 Å². The first-order valence-corrected chi connectivity index (χ1v) is 7.82. The molecule has 0 aliphatic carbocycles. The number of benzene rings is 2. The highest BCUT2D eigenvalue weighted by Gasteiger charge is 2.12. The van der Waals surface area contributed by atoms with Crippen LogP contribution < -0.4 is 10.6 Å². The van der Waals surface area contributed by atoms with E-state index in [1.807, 2.05) is 25.1 Å². The average molecular weight is 331 g/mol. The summed E-state index contributed by atoms with van der Waals surface area (Å²) in [6.45, 7) is 1.92. The highest BCUT2D eigenvalue weighted by atomic mass is 16.2.